The van der Waals surface area contributed by atoms with Crippen LogP contribution in [0.1, 0.15) is 38.7 Å². The molecule has 2 rings (SSSR count). The van der Waals surface area contributed by atoms with Gasteiger partial charge in [0.25, 0.3) is 0 Å². The number of hydrogen-bond acceptors (Lipinski definition) is 5. The van der Waals surface area contributed by atoms with E-state index in [1.54, 1.807) is 11.8 Å². The van der Waals surface area contributed by atoms with E-state index in [4.69, 9.17) is 9.47 Å². The maximum absolute atomic E-state index is 12.7. The van der Waals surface area contributed by atoms with E-state index in [-0.39, 0.29) is 24.9 Å². The highest BCUT2D eigenvalue weighted by molar-refractivity contribution is 5.78. The van der Waals surface area contributed by atoms with Gasteiger partial charge < -0.3 is 14.4 Å². The third-order valence-electron chi connectivity index (χ3n) is 4.92. The molecule has 0 aromatic heterocycles. The van der Waals surface area contributed by atoms with Gasteiger partial charge in [0, 0.05) is 19.1 Å². The molecule has 1 atom stereocenters. The van der Waals surface area contributed by atoms with Crippen molar-refractivity contribution in [3.05, 3.63) is 35.9 Å². The predicted octanol–water partition coefficient (Wildman–Crippen LogP) is 2.47. The number of nitrogens with zero attached hydrogens (tertiary/aromatic N) is 2. The Hall–Kier alpha value is -1.92. The minimum absolute atomic E-state index is 0.0244. The van der Waals surface area contributed by atoms with Crippen LogP contribution in [0, 0.1) is 0 Å². The van der Waals surface area contributed by atoms with Crippen molar-refractivity contribution in [3.8, 4) is 0 Å². The molecule has 1 fully saturated rings. The molecule has 1 unspecified atom stereocenters. The first-order chi connectivity index (χ1) is 13.1. The quantitative estimate of drug-likeness (QED) is 0.555. The first-order valence-corrected chi connectivity index (χ1v) is 9.93. The van der Waals surface area contributed by atoms with Gasteiger partial charge >= 0.3 is 5.97 Å². The topological polar surface area (TPSA) is 59.1 Å². The van der Waals surface area contributed by atoms with Gasteiger partial charge in [-0.1, -0.05) is 37.3 Å². The van der Waals surface area contributed by atoms with E-state index >= 15 is 0 Å². The second-order valence-electron chi connectivity index (χ2n) is 6.80. The van der Waals surface area contributed by atoms with Crippen molar-refractivity contribution < 1.29 is 19.1 Å². The Morgan fingerprint density at radius 1 is 1.22 bits per heavy atom. The van der Waals surface area contributed by atoms with Gasteiger partial charge in [0.1, 0.15) is 6.61 Å². The fourth-order valence-electron chi connectivity index (χ4n) is 3.47. The average molecular weight is 376 g/mol. The second kappa shape index (κ2) is 11.7. The van der Waals surface area contributed by atoms with Crippen LogP contribution in [-0.2, 0) is 25.7 Å². The summed E-state index contributed by atoms with van der Waals surface area (Å²) in [6.45, 7) is 7.79. The lowest BCUT2D eigenvalue weighted by Crippen LogP contribution is -2.45. The maximum Gasteiger partial charge on any atom is 0.307 e. The van der Waals surface area contributed by atoms with Crippen molar-refractivity contribution in [1.29, 1.82) is 0 Å². The van der Waals surface area contributed by atoms with Crippen LogP contribution < -0.4 is 0 Å². The van der Waals surface area contributed by atoms with E-state index in [1.165, 1.54) is 0 Å². The SMILES string of the molecule is CCOC(=O)CCN(CC1CCCN1CC)C(=O)COCc1ccccc1. The van der Waals surface area contributed by atoms with Gasteiger partial charge in [-0.15, -0.1) is 0 Å². The zero-order chi connectivity index (χ0) is 19.5. The zero-order valence-corrected chi connectivity index (χ0v) is 16.6. The standard InChI is InChI=1S/C21H32N2O4/c1-3-22-13-8-11-19(22)15-23(14-12-21(25)27-4-2)20(24)17-26-16-18-9-6-5-7-10-18/h5-7,9-10,19H,3-4,8,11-17H2,1-2H3. The monoisotopic (exact) mass is 376 g/mol. The molecule has 6 nitrogen and oxygen atoms in total. The summed E-state index contributed by atoms with van der Waals surface area (Å²) in [6, 6.07) is 10.2. The Kier molecular flexibility index (Phi) is 9.28. The van der Waals surface area contributed by atoms with Crippen molar-refractivity contribution in [2.24, 2.45) is 0 Å². The molecule has 0 saturated carbocycles. The zero-order valence-electron chi connectivity index (χ0n) is 16.6. The van der Waals surface area contributed by atoms with Crippen LogP contribution in [0.3, 0.4) is 0 Å². The number of rotatable bonds is 11. The Bertz CT molecular complexity index is 579. The highest BCUT2D eigenvalue weighted by atomic mass is 16.5. The van der Waals surface area contributed by atoms with Crippen LogP contribution in [0.4, 0.5) is 0 Å². The van der Waals surface area contributed by atoms with Crippen LogP contribution in [0.2, 0.25) is 0 Å². The van der Waals surface area contributed by atoms with Gasteiger partial charge in [0.05, 0.1) is 19.6 Å². The van der Waals surface area contributed by atoms with Gasteiger partial charge in [-0.2, -0.15) is 0 Å². The molecule has 1 aromatic carbocycles. The Labute approximate surface area is 162 Å². The first kappa shape index (κ1) is 21.4. The van der Waals surface area contributed by atoms with E-state index in [9.17, 15) is 9.59 Å². The normalized spacial score (nSPS) is 17.0. The highest BCUT2D eigenvalue weighted by Gasteiger charge is 2.27. The van der Waals surface area contributed by atoms with Crippen molar-refractivity contribution in [2.75, 3.05) is 39.4 Å². The summed E-state index contributed by atoms with van der Waals surface area (Å²) in [5.41, 5.74) is 1.04. The summed E-state index contributed by atoms with van der Waals surface area (Å²) in [6.07, 6.45) is 2.46. The summed E-state index contributed by atoms with van der Waals surface area (Å²) >= 11 is 0. The number of likely N-dealkylation sites (N-methyl/N-ethyl adjacent to an activating group) is 1. The molecule has 0 radical (unpaired) electrons. The van der Waals surface area contributed by atoms with E-state index in [1.807, 2.05) is 30.3 Å². The minimum Gasteiger partial charge on any atom is -0.466 e. The maximum atomic E-state index is 12.7. The smallest absolute Gasteiger partial charge is 0.307 e. The number of hydrogen-bond donors (Lipinski definition) is 0. The molecule has 0 aliphatic carbocycles. The number of carbonyl (C=O) groups excluding carboxylic acids is 2. The summed E-state index contributed by atoms with van der Waals surface area (Å²) in [7, 11) is 0. The molecular weight excluding hydrogens is 344 g/mol. The molecule has 0 spiro atoms. The van der Waals surface area contributed by atoms with Gasteiger partial charge in [-0.25, -0.2) is 0 Å². The van der Waals surface area contributed by atoms with E-state index in [0.717, 1.165) is 31.5 Å². The summed E-state index contributed by atoms with van der Waals surface area (Å²) < 4.78 is 10.6. The van der Waals surface area contributed by atoms with Gasteiger partial charge in [0.15, 0.2) is 0 Å². The number of carbonyl (C=O) groups is 2. The summed E-state index contributed by atoms with van der Waals surface area (Å²) in [5, 5.41) is 0. The Morgan fingerprint density at radius 3 is 2.70 bits per heavy atom. The fraction of sp³-hybridized carbons (Fsp3) is 0.619. The third kappa shape index (κ3) is 7.31. The van der Waals surface area contributed by atoms with Crippen LogP contribution in [0.5, 0.6) is 0 Å². The average Bonchev–Trinajstić information content (AvgIpc) is 3.13. The molecule has 1 aliphatic heterocycles. The molecule has 0 bridgehead atoms. The number of likely N-dealkylation sites (tertiary alicyclic amines) is 1. The van der Waals surface area contributed by atoms with E-state index in [0.29, 0.717) is 32.3 Å². The predicted molar refractivity (Wildman–Crippen MR) is 104 cm³/mol. The van der Waals surface area contributed by atoms with Crippen LogP contribution in [-0.4, -0.2) is 67.1 Å². The number of esters is 1. The van der Waals surface area contributed by atoms with Gasteiger partial charge in [-0.3, -0.25) is 14.5 Å². The highest BCUT2D eigenvalue weighted by Crippen LogP contribution is 2.18. The molecule has 1 aromatic rings. The molecular formula is C21H32N2O4. The molecule has 1 saturated heterocycles. The third-order valence-corrected chi connectivity index (χ3v) is 4.92. The number of ether oxygens (including phenoxy) is 2. The lowest BCUT2D eigenvalue weighted by atomic mass is 10.2. The minimum atomic E-state index is -0.265. The summed E-state index contributed by atoms with van der Waals surface area (Å²) in [4.78, 5) is 28.6. The molecule has 1 heterocycles. The van der Waals surface area contributed by atoms with Crippen LogP contribution in [0.15, 0.2) is 30.3 Å². The molecule has 1 amide bonds. The summed E-state index contributed by atoms with van der Waals surface area (Å²) in [5.74, 6) is -0.336. The van der Waals surface area contributed by atoms with Crippen LogP contribution >= 0.6 is 0 Å². The second-order valence-corrected chi connectivity index (χ2v) is 6.80. The molecule has 150 valence electrons. The number of benzene rings is 1. The van der Waals surface area contributed by atoms with Gasteiger partial charge in [0.2, 0.25) is 5.91 Å². The van der Waals surface area contributed by atoms with E-state index in [2.05, 4.69) is 11.8 Å². The van der Waals surface area contributed by atoms with Gasteiger partial charge in [-0.05, 0) is 38.4 Å². The van der Waals surface area contributed by atoms with Crippen LogP contribution in [0.25, 0.3) is 0 Å². The van der Waals surface area contributed by atoms with Crippen molar-refractivity contribution in [1.82, 2.24) is 9.80 Å². The Morgan fingerprint density at radius 2 is 2.00 bits per heavy atom. The largest absolute Gasteiger partial charge is 0.466 e. The van der Waals surface area contributed by atoms with Crippen molar-refractivity contribution in [3.63, 3.8) is 0 Å². The number of amides is 1. The Balaban J connectivity index is 1.88. The molecule has 1 aliphatic rings. The van der Waals surface area contributed by atoms with E-state index < -0.39 is 0 Å². The van der Waals surface area contributed by atoms with Crippen molar-refractivity contribution >= 4 is 11.9 Å². The molecule has 27 heavy (non-hydrogen) atoms. The molecule has 0 N–H and O–H groups in total. The van der Waals surface area contributed by atoms with Crippen molar-refractivity contribution in [2.45, 2.75) is 45.8 Å². The lowest BCUT2D eigenvalue weighted by molar-refractivity contribution is -0.145. The fourth-order valence-corrected chi connectivity index (χ4v) is 3.47. The molecule has 6 heteroatoms. The lowest BCUT2D eigenvalue weighted by Gasteiger charge is -2.30. The first-order valence-electron chi connectivity index (χ1n) is 9.93.